The van der Waals surface area contributed by atoms with Crippen LogP contribution in [0.3, 0.4) is 0 Å². The first-order chi connectivity index (χ1) is 6.06. The average molecular weight is 207 g/mol. The summed E-state index contributed by atoms with van der Waals surface area (Å²) in [5.41, 5.74) is -0.740. The summed E-state index contributed by atoms with van der Waals surface area (Å²) in [6.07, 6.45) is 0. The van der Waals surface area contributed by atoms with Crippen molar-refractivity contribution in [1.82, 2.24) is 0 Å². The van der Waals surface area contributed by atoms with Crippen LogP contribution in [0.15, 0.2) is 12.1 Å². The predicted molar refractivity (Wildman–Crippen MR) is 42.5 cm³/mol. The molecule has 0 bridgehead atoms. The number of hydrogen-bond acceptors (Lipinski definition) is 2. The highest BCUT2D eigenvalue weighted by atomic mass is 35.5. The van der Waals surface area contributed by atoms with Crippen molar-refractivity contribution >= 4 is 16.8 Å². The van der Waals surface area contributed by atoms with Crippen molar-refractivity contribution in [2.75, 3.05) is 0 Å². The van der Waals surface area contributed by atoms with Crippen LogP contribution in [0.4, 0.5) is 8.78 Å². The lowest BCUT2D eigenvalue weighted by Gasteiger charge is -2.02. The van der Waals surface area contributed by atoms with Gasteiger partial charge in [0.1, 0.15) is 11.6 Å². The van der Waals surface area contributed by atoms with E-state index in [0.29, 0.717) is 0 Å². The first-order valence-corrected chi connectivity index (χ1v) is 3.72. The van der Waals surface area contributed by atoms with E-state index in [2.05, 4.69) is 0 Å². The van der Waals surface area contributed by atoms with Gasteiger partial charge in [0, 0.05) is 11.1 Å². The molecule has 1 aromatic carbocycles. The molecule has 13 heavy (non-hydrogen) atoms. The molecule has 0 heterocycles. The van der Waals surface area contributed by atoms with Gasteiger partial charge in [-0.05, 0) is 23.7 Å². The molecule has 1 rings (SSSR count). The van der Waals surface area contributed by atoms with Gasteiger partial charge in [-0.2, -0.15) is 0 Å². The van der Waals surface area contributed by atoms with E-state index in [-0.39, 0.29) is 5.56 Å². The van der Waals surface area contributed by atoms with Crippen molar-refractivity contribution in [3.05, 3.63) is 34.9 Å². The zero-order valence-electron chi connectivity index (χ0n) is 6.35. The second-order valence-electron chi connectivity index (χ2n) is 2.35. The van der Waals surface area contributed by atoms with Gasteiger partial charge in [0.25, 0.3) is 5.24 Å². The molecule has 0 aliphatic carbocycles. The molecule has 0 aromatic heterocycles. The smallest absolute Gasteiger partial charge is 0.252 e. The first kappa shape index (κ1) is 10.1. The molecule has 0 atom stereocenters. The Hall–Kier alpha value is -1.00. The molecule has 5 heteroatoms. The SMILES string of the molecule is O=C(Cl)c1cc(F)c(CO)c(F)c1. The third kappa shape index (κ3) is 2.02. The topological polar surface area (TPSA) is 37.3 Å². The Bertz CT molecular complexity index is 329. The zero-order valence-corrected chi connectivity index (χ0v) is 7.11. The fraction of sp³-hybridized carbons (Fsp3) is 0.125. The summed E-state index contributed by atoms with van der Waals surface area (Å²) in [6.45, 7) is -0.756. The number of halogens is 3. The van der Waals surface area contributed by atoms with E-state index in [0.717, 1.165) is 12.1 Å². The maximum atomic E-state index is 12.9. The minimum absolute atomic E-state index is 0.270. The van der Waals surface area contributed by atoms with E-state index < -0.39 is 29.0 Å². The third-order valence-corrected chi connectivity index (χ3v) is 1.74. The maximum absolute atomic E-state index is 12.9. The van der Waals surface area contributed by atoms with E-state index in [4.69, 9.17) is 16.7 Å². The number of aliphatic hydroxyl groups excluding tert-OH is 1. The number of aliphatic hydroxyl groups is 1. The number of rotatable bonds is 2. The van der Waals surface area contributed by atoms with Crippen molar-refractivity contribution in [3.8, 4) is 0 Å². The van der Waals surface area contributed by atoms with Crippen molar-refractivity contribution in [3.63, 3.8) is 0 Å². The van der Waals surface area contributed by atoms with Crippen LogP contribution in [-0.2, 0) is 6.61 Å². The Kier molecular flexibility index (Phi) is 2.95. The van der Waals surface area contributed by atoms with Crippen molar-refractivity contribution < 1.29 is 18.7 Å². The minimum Gasteiger partial charge on any atom is -0.391 e. The van der Waals surface area contributed by atoms with Crippen LogP contribution in [0.2, 0.25) is 0 Å². The Labute approximate surface area is 77.8 Å². The summed E-state index contributed by atoms with van der Waals surface area (Å²) in [5, 5.41) is 7.59. The van der Waals surface area contributed by atoms with Crippen LogP contribution in [0.1, 0.15) is 15.9 Å². The van der Waals surface area contributed by atoms with Crippen molar-refractivity contribution in [1.29, 1.82) is 0 Å². The van der Waals surface area contributed by atoms with Gasteiger partial charge >= 0.3 is 0 Å². The Balaban J connectivity index is 3.28. The molecule has 0 radical (unpaired) electrons. The van der Waals surface area contributed by atoms with E-state index in [1.807, 2.05) is 0 Å². The molecular weight excluding hydrogens is 202 g/mol. The van der Waals surface area contributed by atoms with Gasteiger partial charge in [-0.15, -0.1) is 0 Å². The molecule has 70 valence electrons. The first-order valence-electron chi connectivity index (χ1n) is 3.35. The molecule has 0 saturated heterocycles. The monoisotopic (exact) mass is 206 g/mol. The molecule has 1 aromatic rings. The lowest BCUT2D eigenvalue weighted by Crippen LogP contribution is -1.99. The molecule has 0 aliphatic heterocycles. The highest BCUT2D eigenvalue weighted by Crippen LogP contribution is 2.16. The summed E-state index contributed by atoms with van der Waals surface area (Å²) < 4.78 is 25.7. The van der Waals surface area contributed by atoms with E-state index in [9.17, 15) is 13.6 Å². The molecule has 1 N–H and O–H groups in total. The highest BCUT2D eigenvalue weighted by Gasteiger charge is 2.12. The Morgan fingerprint density at radius 2 is 1.85 bits per heavy atom. The van der Waals surface area contributed by atoms with Gasteiger partial charge in [0.05, 0.1) is 6.61 Å². The summed E-state index contributed by atoms with van der Waals surface area (Å²) in [5.74, 6) is -1.96. The van der Waals surface area contributed by atoms with E-state index in [1.54, 1.807) is 0 Å². The largest absolute Gasteiger partial charge is 0.391 e. The molecule has 0 saturated carbocycles. The number of benzene rings is 1. The maximum Gasteiger partial charge on any atom is 0.252 e. The molecule has 0 aliphatic rings. The lowest BCUT2D eigenvalue weighted by molar-refractivity contribution is 0.108. The van der Waals surface area contributed by atoms with Gasteiger partial charge in [-0.25, -0.2) is 8.78 Å². The normalized spacial score (nSPS) is 10.2. The van der Waals surface area contributed by atoms with Crippen LogP contribution in [0.5, 0.6) is 0 Å². The molecule has 2 nitrogen and oxygen atoms in total. The molecular formula is C8H5ClF2O2. The average Bonchev–Trinajstić information content (AvgIpc) is 2.03. The van der Waals surface area contributed by atoms with Crippen molar-refractivity contribution in [2.45, 2.75) is 6.61 Å². The van der Waals surface area contributed by atoms with Crippen LogP contribution in [0, 0.1) is 11.6 Å². The van der Waals surface area contributed by atoms with Crippen LogP contribution in [0.25, 0.3) is 0 Å². The van der Waals surface area contributed by atoms with Gasteiger partial charge in [0.15, 0.2) is 0 Å². The van der Waals surface area contributed by atoms with Gasteiger partial charge in [-0.3, -0.25) is 4.79 Å². The van der Waals surface area contributed by atoms with E-state index >= 15 is 0 Å². The molecule has 0 fully saturated rings. The van der Waals surface area contributed by atoms with Crippen LogP contribution >= 0.6 is 11.6 Å². The van der Waals surface area contributed by atoms with Crippen LogP contribution in [-0.4, -0.2) is 10.3 Å². The zero-order chi connectivity index (χ0) is 10.0. The third-order valence-electron chi connectivity index (χ3n) is 1.53. The summed E-state index contributed by atoms with van der Waals surface area (Å²) >= 11 is 5.01. The Morgan fingerprint density at radius 3 is 2.15 bits per heavy atom. The highest BCUT2D eigenvalue weighted by molar-refractivity contribution is 6.67. The quantitative estimate of drug-likeness (QED) is 0.750. The summed E-state index contributed by atoms with van der Waals surface area (Å²) in [6, 6.07) is 1.56. The lowest BCUT2D eigenvalue weighted by atomic mass is 10.1. The number of carbonyl (C=O) groups is 1. The van der Waals surface area contributed by atoms with Crippen molar-refractivity contribution in [2.24, 2.45) is 0 Å². The molecule has 0 spiro atoms. The number of carbonyl (C=O) groups excluding carboxylic acids is 1. The van der Waals surface area contributed by atoms with Crippen LogP contribution < -0.4 is 0 Å². The molecule has 0 amide bonds. The minimum atomic E-state index is -0.980. The number of hydrogen-bond donors (Lipinski definition) is 1. The summed E-state index contributed by atoms with van der Waals surface area (Å²) in [4.78, 5) is 10.5. The van der Waals surface area contributed by atoms with Gasteiger partial charge < -0.3 is 5.11 Å². The summed E-state index contributed by atoms with van der Waals surface area (Å²) in [7, 11) is 0. The predicted octanol–water partition coefficient (Wildman–Crippen LogP) is 1.84. The fourth-order valence-corrected chi connectivity index (χ4v) is 0.977. The standard InChI is InChI=1S/C8H5ClF2O2/c9-8(13)4-1-6(10)5(3-12)7(11)2-4/h1-2,12H,3H2. The van der Waals surface area contributed by atoms with Gasteiger partial charge in [0.2, 0.25) is 0 Å². The van der Waals surface area contributed by atoms with E-state index in [1.165, 1.54) is 0 Å². The fourth-order valence-electron chi connectivity index (χ4n) is 0.868. The second kappa shape index (κ2) is 3.81. The Morgan fingerprint density at radius 1 is 1.38 bits per heavy atom. The van der Waals surface area contributed by atoms with Gasteiger partial charge in [-0.1, -0.05) is 0 Å². The molecule has 0 unspecified atom stereocenters. The second-order valence-corrected chi connectivity index (χ2v) is 2.69.